The molecule has 3 heterocycles. The summed E-state index contributed by atoms with van der Waals surface area (Å²) < 4.78 is 0. The summed E-state index contributed by atoms with van der Waals surface area (Å²) in [5.41, 5.74) is 0.925. The van der Waals surface area contributed by atoms with Gasteiger partial charge in [0.2, 0.25) is 11.8 Å². The second-order valence-electron chi connectivity index (χ2n) is 8.03. The Balaban J connectivity index is 0.00000192. The first-order valence-electron chi connectivity index (χ1n) is 10.0. The number of hydrogen-bond acceptors (Lipinski definition) is 3. The molecule has 3 aliphatic heterocycles. The van der Waals surface area contributed by atoms with E-state index in [9.17, 15) is 9.59 Å². The second kappa shape index (κ2) is 7.72. The minimum Gasteiger partial charge on any atom is -0.335 e. The molecule has 3 fully saturated rings. The Kier molecular flexibility index (Phi) is 5.30. The van der Waals surface area contributed by atoms with Gasteiger partial charge in [0.1, 0.15) is 0 Å². The van der Waals surface area contributed by atoms with E-state index in [-0.39, 0.29) is 30.1 Å². The van der Waals surface area contributed by atoms with Gasteiger partial charge in [0.15, 0.2) is 0 Å². The van der Waals surface area contributed by atoms with Gasteiger partial charge in [-0.3, -0.25) is 9.59 Å². The Labute approximate surface area is 171 Å². The zero-order valence-electron chi connectivity index (χ0n) is 15.8. The van der Waals surface area contributed by atoms with Gasteiger partial charge in [0, 0.05) is 37.0 Å². The molecule has 148 valence electrons. The van der Waals surface area contributed by atoms with Crippen LogP contribution in [-0.2, 0) is 9.59 Å². The maximum atomic E-state index is 13.3. The van der Waals surface area contributed by atoms with Gasteiger partial charge in [0.05, 0.1) is 11.6 Å². The van der Waals surface area contributed by atoms with Crippen LogP contribution in [0.1, 0.15) is 25.7 Å². The maximum absolute atomic E-state index is 13.3. The summed E-state index contributed by atoms with van der Waals surface area (Å²) in [5, 5.41) is 5.64. The SMILES string of the molecule is Cl.O=C1CC(C(=O)N2C3CCNCC2CC3)CN1c1cccc2ccccc12. The molecular weight excluding hydrogens is 374 g/mol. The quantitative estimate of drug-likeness (QED) is 0.844. The van der Waals surface area contributed by atoms with Gasteiger partial charge in [-0.1, -0.05) is 36.4 Å². The van der Waals surface area contributed by atoms with Crippen LogP contribution in [0.25, 0.3) is 10.8 Å². The smallest absolute Gasteiger partial charge is 0.228 e. The first-order chi connectivity index (χ1) is 13.2. The molecule has 6 heteroatoms. The maximum Gasteiger partial charge on any atom is 0.228 e. The van der Waals surface area contributed by atoms with Gasteiger partial charge in [-0.15, -0.1) is 12.4 Å². The van der Waals surface area contributed by atoms with Crippen LogP contribution in [0, 0.1) is 5.92 Å². The van der Waals surface area contributed by atoms with Crippen LogP contribution in [0.3, 0.4) is 0 Å². The number of benzene rings is 2. The summed E-state index contributed by atoms with van der Waals surface area (Å²) in [6, 6.07) is 14.8. The van der Waals surface area contributed by atoms with Crippen LogP contribution in [0.4, 0.5) is 5.69 Å². The first kappa shape index (κ1) is 19.2. The summed E-state index contributed by atoms with van der Waals surface area (Å²) in [5.74, 6) is 0.0185. The first-order valence-corrected chi connectivity index (χ1v) is 10.0. The molecule has 5 nitrogen and oxygen atoms in total. The summed E-state index contributed by atoms with van der Waals surface area (Å²) >= 11 is 0. The van der Waals surface area contributed by atoms with Gasteiger partial charge in [-0.25, -0.2) is 0 Å². The van der Waals surface area contributed by atoms with Crippen LogP contribution in [0.5, 0.6) is 0 Å². The van der Waals surface area contributed by atoms with Crippen LogP contribution < -0.4 is 10.2 Å². The van der Waals surface area contributed by atoms with Crippen molar-refractivity contribution in [2.75, 3.05) is 24.5 Å². The molecule has 3 unspecified atom stereocenters. The number of carbonyl (C=O) groups excluding carboxylic acids is 2. The standard InChI is InChI=1S/C22H25N3O2.ClH/c26-21-12-16(22(27)25-17-8-9-18(25)13-23-11-10-17)14-24(21)20-7-3-5-15-4-1-2-6-19(15)20;/h1-7,16-18,23H,8-14H2;1H. The lowest BCUT2D eigenvalue weighted by atomic mass is 10.1. The molecule has 5 rings (SSSR count). The molecule has 3 saturated heterocycles. The molecule has 3 aliphatic rings. The predicted octanol–water partition coefficient (Wildman–Crippen LogP) is 2.97. The van der Waals surface area contributed by atoms with Crippen molar-refractivity contribution < 1.29 is 9.59 Å². The number of amides is 2. The third-order valence-corrected chi connectivity index (χ3v) is 6.44. The van der Waals surface area contributed by atoms with E-state index in [1.807, 2.05) is 35.2 Å². The van der Waals surface area contributed by atoms with Gasteiger partial charge in [0.25, 0.3) is 0 Å². The molecular formula is C22H26ClN3O2. The van der Waals surface area contributed by atoms with Gasteiger partial charge >= 0.3 is 0 Å². The average molecular weight is 400 g/mol. The average Bonchev–Trinajstić information content (AvgIpc) is 3.19. The highest BCUT2D eigenvalue weighted by molar-refractivity contribution is 6.07. The number of nitrogens with zero attached hydrogens (tertiary/aromatic N) is 2. The monoisotopic (exact) mass is 399 g/mol. The third kappa shape index (κ3) is 3.16. The van der Waals surface area contributed by atoms with Gasteiger partial charge < -0.3 is 15.1 Å². The highest BCUT2D eigenvalue weighted by Crippen LogP contribution is 2.35. The summed E-state index contributed by atoms with van der Waals surface area (Å²) in [6.07, 6.45) is 3.53. The van der Waals surface area contributed by atoms with E-state index in [1.165, 1.54) is 0 Å². The lowest BCUT2D eigenvalue weighted by molar-refractivity contribution is -0.138. The van der Waals surface area contributed by atoms with E-state index in [0.717, 1.165) is 48.8 Å². The number of halogens is 1. The summed E-state index contributed by atoms with van der Waals surface area (Å²) in [7, 11) is 0. The zero-order chi connectivity index (χ0) is 18.4. The predicted molar refractivity (Wildman–Crippen MR) is 113 cm³/mol. The van der Waals surface area contributed by atoms with Crippen molar-refractivity contribution in [1.82, 2.24) is 10.2 Å². The van der Waals surface area contributed by atoms with Crippen molar-refractivity contribution in [2.24, 2.45) is 5.92 Å². The van der Waals surface area contributed by atoms with Crippen molar-refractivity contribution in [1.29, 1.82) is 0 Å². The van der Waals surface area contributed by atoms with E-state index < -0.39 is 0 Å². The number of carbonyl (C=O) groups is 2. The fourth-order valence-electron chi connectivity index (χ4n) is 5.10. The highest BCUT2D eigenvalue weighted by atomic mass is 35.5. The third-order valence-electron chi connectivity index (χ3n) is 6.44. The van der Waals surface area contributed by atoms with E-state index in [2.05, 4.69) is 22.3 Å². The van der Waals surface area contributed by atoms with Crippen molar-refractivity contribution >= 4 is 40.7 Å². The second-order valence-corrected chi connectivity index (χ2v) is 8.03. The molecule has 0 aliphatic carbocycles. The Hall–Kier alpha value is -2.11. The molecule has 2 aromatic carbocycles. The van der Waals surface area contributed by atoms with E-state index in [0.29, 0.717) is 25.0 Å². The molecule has 0 radical (unpaired) electrons. The summed E-state index contributed by atoms with van der Waals surface area (Å²) in [6.45, 7) is 2.36. The molecule has 0 aromatic heterocycles. The van der Waals surface area contributed by atoms with E-state index in [4.69, 9.17) is 0 Å². The topological polar surface area (TPSA) is 52.7 Å². The Bertz CT molecular complexity index is 883. The van der Waals surface area contributed by atoms with Crippen LogP contribution in [0.2, 0.25) is 0 Å². The van der Waals surface area contributed by atoms with Gasteiger partial charge in [-0.2, -0.15) is 0 Å². The number of hydrogen-bond donors (Lipinski definition) is 1. The lowest BCUT2D eigenvalue weighted by Gasteiger charge is -2.30. The minimum atomic E-state index is -0.224. The molecule has 1 N–H and O–H groups in total. The normalized spacial score (nSPS) is 27.0. The lowest BCUT2D eigenvalue weighted by Crippen LogP contribution is -2.46. The Morgan fingerprint density at radius 2 is 1.79 bits per heavy atom. The van der Waals surface area contributed by atoms with Crippen molar-refractivity contribution in [2.45, 2.75) is 37.8 Å². The van der Waals surface area contributed by atoms with Crippen molar-refractivity contribution in [3.63, 3.8) is 0 Å². The molecule has 3 atom stereocenters. The number of anilines is 1. The molecule has 2 aromatic rings. The number of rotatable bonds is 2. The number of fused-ring (bicyclic) bond motifs is 3. The zero-order valence-corrected chi connectivity index (χ0v) is 16.7. The fraction of sp³-hybridized carbons (Fsp3) is 0.455. The Morgan fingerprint density at radius 1 is 1.00 bits per heavy atom. The molecule has 2 amide bonds. The van der Waals surface area contributed by atoms with Gasteiger partial charge in [-0.05, 0) is 37.3 Å². The van der Waals surface area contributed by atoms with Crippen molar-refractivity contribution in [3.05, 3.63) is 42.5 Å². The largest absolute Gasteiger partial charge is 0.335 e. The Morgan fingerprint density at radius 3 is 2.68 bits per heavy atom. The molecule has 0 spiro atoms. The fourth-order valence-corrected chi connectivity index (χ4v) is 5.10. The molecule has 0 saturated carbocycles. The van der Waals surface area contributed by atoms with Crippen LogP contribution in [0.15, 0.2) is 42.5 Å². The van der Waals surface area contributed by atoms with Crippen LogP contribution in [-0.4, -0.2) is 48.4 Å². The highest BCUT2D eigenvalue weighted by Gasteiger charge is 2.44. The molecule has 28 heavy (non-hydrogen) atoms. The minimum absolute atomic E-state index is 0. The number of nitrogens with one attached hydrogen (secondary N) is 1. The summed E-state index contributed by atoms with van der Waals surface area (Å²) in [4.78, 5) is 30.1. The van der Waals surface area contributed by atoms with Crippen LogP contribution >= 0.6 is 12.4 Å². The van der Waals surface area contributed by atoms with E-state index in [1.54, 1.807) is 0 Å². The van der Waals surface area contributed by atoms with Crippen molar-refractivity contribution in [3.8, 4) is 0 Å². The molecule has 2 bridgehead atoms. The van der Waals surface area contributed by atoms with E-state index >= 15 is 0 Å².